The van der Waals surface area contributed by atoms with Gasteiger partial charge in [-0.2, -0.15) is 0 Å². The van der Waals surface area contributed by atoms with Crippen LogP contribution in [0.1, 0.15) is 51.2 Å². The quantitative estimate of drug-likeness (QED) is 0.814. The second-order valence-electron chi connectivity index (χ2n) is 6.52. The van der Waals surface area contributed by atoms with Crippen molar-refractivity contribution in [2.24, 2.45) is 0 Å². The normalized spacial score (nSPS) is 18.5. The highest BCUT2D eigenvalue weighted by Crippen LogP contribution is 2.22. The molecule has 2 rings (SSSR count). The molecule has 132 valence electrons. The fraction of sp³-hybridized carbons (Fsp3) is 0.579. The van der Waals surface area contributed by atoms with Gasteiger partial charge in [0.2, 0.25) is 0 Å². The average Bonchev–Trinajstić information content (AvgIpc) is 3.01. The van der Waals surface area contributed by atoms with Crippen molar-refractivity contribution >= 4 is 17.5 Å². The lowest BCUT2D eigenvalue weighted by molar-refractivity contribution is -0.144. The van der Waals surface area contributed by atoms with Gasteiger partial charge in [-0.25, -0.2) is 0 Å². The number of anilines is 1. The lowest BCUT2D eigenvalue weighted by Gasteiger charge is -2.25. The molecule has 0 radical (unpaired) electrons. The van der Waals surface area contributed by atoms with Gasteiger partial charge in [-0.1, -0.05) is 19.9 Å². The number of aliphatic hydroxyl groups is 1. The van der Waals surface area contributed by atoms with Crippen LogP contribution in [0, 0.1) is 0 Å². The van der Waals surface area contributed by atoms with Crippen LogP contribution in [0.25, 0.3) is 0 Å². The Balaban J connectivity index is 2.05. The Kier molecular flexibility index (Phi) is 6.37. The second-order valence-corrected chi connectivity index (χ2v) is 6.52. The Morgan fingerprint density at radius 1 is 1.29 bits per heavy atom. The maximum absolute atomic E-state index is 12.5. The predicted molar refractivity (Wildman–Crippen MR) is 94.9 cm³/mol. The number of carbonyl (C=O) groups excluding carboxylic acids is 2. The molecule has 1 aromatic rings. The molecule has 1 fully saturated rings. The van der Waals surface area contributed by atoms with Gasteiger partial charge in [0.25, 0.3) is 0 Å². The molecule has 1 aromatic carbocycles. The molecule has 0 spiro atoms. The van der Waals surface area contributed by atoms with E-state index in [1.165, 1.54) is 11.1 Å². The molecule has 2 amide bonds. The number of aliphatic hydroxyl groups excluding tert-OH is 1. The third kappa shape index (κ3) is 4.35. The van der Waals surface area contributed by atoms with Crippen molar-refractivity contribution < 1.29 is 14.7 Å². The van der Waals surface area contributed by atoms with E-state index in [4.69, 9.17) is 0 Å². The zero-order chi connectivity index (χ0) is 17.7. The first-order chi connectivity index (χ1) is 11.5. The number of aryl methyl sites for hydroxylation is 2. The van der Waals surface area contributed by atoms with Crippen molar-refractivity contribution in [2.75, 3.05) is 11.9 Å². The predicted octanol–water partition coefficient (Wildman–Crippen LogP) is 2.51. The highest BCUT2D eigenvalue weighted by atomic mass is 16.3. The Morgan fingerprint density at radius 3 is 2.62 bits per heavy atom. The van der Waals surface area contributed by atoms with E-state index < -0.39 is 17.9 Å². The van der Waals surface area contributed by atoms with E-state index >= 15 is 0 Å². The summed E-state index contributed by atoms with van der Waals surface area (Å²) in [5, 5.41) is 12.3. The van der Waals surface area contributed by atoms with Crippen molar-refractivity contribution in [1.29, 1.82) is 0 Å². The van der Waals surface area contributed by atoms with Gasteiger partial charge in [0.05, 0.1) is 6.10 Å². The highest BCUT2D eigenvalue weighted by molar-refractivity contribution is 6.39. The summed E-state index contributed by atoms with van der Waals surface area (Å²) in [6.07, 6.45) is 3.61. The van der Waals surface area contributed by atoms with E-state index in [2.05, 4.69) is 19.2 Å². The molecule has 2 N–H and O–H groups in total. The van der Waals surface area contributed by atoms with Crippen LogP contribution in [0.2, 0.25) is 0 Å². The summed E-state index contributed by atoms with van der Waals surface area (Å²) >= 11 is 0. The number of amides is 2. The number of nitrogens with one attached hydrogen (secondary N) is 1. The molecule has 1 heterocycles. The number of benzene rings is 1. The Labute approximate surface area is 144 Å². The number of nitrogens with zero attached hydrogens (tertiary/aromatic N) is 1. The molecule has 1 aliphatic heterocycles. The fourth-order valence-electron chi connectivity index (χ4n) is 3.43. The van der Waals surface area contributed by atoms with Crippen LogP contribution in [-0.4, -0.2) is 40.5 Å². The monoisotopic (exact) mass is 332 g/mol. The van der Waals surface area contributed by atoms with E-state index in [1.54, 1.807) is 11.8 Å². The molecule has 1 saturated heterocycles. The summed E-state index contributed by atoms with van der Waals surface area (Å²) in [5.74, 6) is -1.10. The molecule has 24 heavy (non-hydrogen) atoms. The maximum Gasteiger partial charge on any atom is 0.313 e. The number of carbonyl (C=O) groups is 2. The van der Waals surface area contributed by atoms with Gasteiger partial charge in [-0.3, -0.25) is 9.59 Å². The minimum Gasteiger partial charge on any atom is -0.393 e. The van der Waals surface area contributed by atoms with Gasteiger partial charge in [0.15, 0.2) is 0 Å². The van der Waals surface area contributed by atoms with Crippen molar-refractivity contribution in [2.45, 2.75) is 65.0 Å². The first-order valence-corrected chi connectivity index (χ1v) is 8.88. The number of likely N-dealkylation sites (tertiary alicyclic amines) is 1. The molecular weight excluding hydrogens is 304 g/mol. The molecule has 1 aliphatic rings. The third-order valence-corrected chi connectivity index (χ3v) is 4.67. The number of rotatable bonds is 5. The molecule has 0 bridgehead atoms. The lowest BCUT2D eigenvalue weighted by atomic mass is 10.0. The average molecular weight is 332 g/mol. The van der Waals surface area contributed by atoms with Gasteiger partial charge < -0.3 is 15.3 Å². The summed E-state index contributed by atoms with van der Waals surface area (Å²) < 4.78 is 0. The number of hydrogen-bond acceptors (Lipinski definition) is 3. The maximum atomic E-state index is 12.5. The Bertz CT molecular complexity index is 598. The molecular formula is C19H28N2O3. The summed E-state index contributed by atoms with van der Waals surface area (Å²) in [5.41, 5.74) is 3.11. The van der Waals surface area contributed by atoms with Crippen LogP contribution in [-0.2, 0) is 22.4 Å². The standard InChI is InChI=1S/C19H28N2O3/c1-4-14-8-9-16(12-15(14)5-2)20-18(23)19(24)21-10-6-7-17(21)11-13(3)22/h8-9,12-13,17,22H,4-7,10-11H2,1-3H3,(H,20,23). The minimum atomic E-state index is -0.598. The van der Waals surface area contributed by atoms with Crippen LogP contribution in [0.3, 0.4) is 0 Å². The molecule has 5 nitrogen and oxygen atoms in total. The first-order valence-electron chi connectivity index (χ1n) is 8.88. The number of hydrogen-bond donors (Lipinski definition) is 2. The van der Waals surface area contributed by atoms with Gasteiger partial charge in [0.1, 0.15) is 0 Å². The summed E-state index contributed by atoms with van der Waals surface area (Å²) in [6, 6.07) is 5.75. The van der Waals surface area contributed by atoms with Gasteiger partial charge in [-0.05, 0) is 62.3 Å². The molecule has 0 aromatic heterocycles. The van der Waals surface area contributed by atoms with Crippen LogP contribution < -0.4 is 5.32 Å². The fourth-order valence-corrected chi connectivity index (χ4v) is 3.43. The van der Waals surface area contributed by atoms with Crippen LogP contribution in [0.4, 0.5) is 5.69 Å². The van der Waals surface area contributed by atoms with Crippen molar-refractivity contribution in [3.8, 4) is 0 Å². The lowest BCUT2D eigenvalue weighted by Crippen LogP contribution is -2.43. The zero-order valence-corrected chi connectivity index (χ0v) is 14.8. The molecule has 5 heteroatoms. The summed E-state index contributed by atoms with van der Waals surface area (Å²) in [7, 11) is 0. The first kappa shape index (κ1) is 18.5. The van der Waals surface area contributed by atoms with E-state index in [1.807, 2.05) is 18.2 Å². The highest BCUT2D eigenvalue weighted by Gasteiger charge is 2.33. The molecule has 2 atom stereocenters. The summed E-state index contributed by atoms with van der Waals surface area (Å²) in [4.78, 5) is 26.4. The minimum absolute atomic E-state index is 0.0445. The van der Waals surface area contributed by atoms with Crippen molar-refractivity contribution in [3.63, 3.8) is 0 Å². The molecule has 2 unspecified atom stereocenters. The van der Waals surface area contributed by atoms with Crippen LogP contribution in [0.5, 0.6) is 0 Å². The van der Waals surface area contributed by atoms with Gasteiger partial charge in [0, 0.05) is 18.3 Å². The van der Waals surface area contributed by atoms with E-state index in [-0.39, 0.29) is 6.04 Å². The third-order valence-electron chi connectivity index (χ3n) is 4.67. The topological polar surface area (TPSA) is 69.6 Å². The van der Waals surface area contributed by atoms with Crippen LogP contribution in [0.15, 0.2) is 18.2 Å². The van der Waals surface area contributed by atoms with E-state index in [0.717, 1.165) is 25.7 Å². The Morgan fingerprint density at radius 2 is 2.00 bits per heavy atom. The van der Waals surface area contributed by atoms with Crippen LogP contribution >= 0.6 is 0 Å². The van der Waals surface area contributed by atoms with E-state index in [0.29, 0.717) is 18.7 Å². The van der Waals surface area contributed by atoms with Crippen molar-refractivity contribution in [3.05, 3.63) is 29.3 Å². The van der Waals surface area contributed by atoms with E-state index in [9.17, 15) is 14.7 Å². The molecule has 0 saturated carbocycles. The molecule has 0 aliphatic carbocycles. The SMILES string of the molecule is CCc1ccc(NC(=O)C(=O)N2CCCC2CC(C)O)cc1CC. The van der Waals surface area contributed by atoms with Gasteiger partial charge in [-0.15, -0.1) is 0 Å². The smallest absolute Gasteiger partial charge is 0.313 e. The van der Waals surface area contributed by atoms with Crippen molar-refractivity contribution in [1.82, 2.24) is 4.90 Å². The largest absolute Gasteiger partial charge is 0.393 e. The Hall–Kier alpha value is -1.88. The second kappa shape index (κ2) is 8.29. The van der Waals surface area contributed by atoms with Gasteiger partial charge >= 0.3 is 11.8 Å². The summed E-state index contributed by atoms with van der Waals surface area (Å²) in [6.45, 7) is 6.48. The zero-order valence-electron chi connectivity index (χ0n) is 14.8.